The average molecular weight is 182 g/mol. The van der Waals surface area contributed by atoms with Gasteiger partial charge in [0, 0.05) is 0 Å². The Hall–Kier alpha value is -1.58. The lowest BCUT2D eigenvalue weighted by atomic mass is 10.2. The Morgan fingerprint density at radius 1 is 1.38 bits per heavy atom. The highest BCUT2D eigenvalue weighted by molar-refractivity contribution is 5.59. The van der Waals surface area contributed by atoms with E-state index in [2.05, 4.69) is 5.18 Å². The van der Waals surface area contributed by atoms with Gasteiger partial charge >= 0.3 is 0 Å². The topological polar surface area (TPSA) is 64.7 Å². The molecule has 0 aliphatic heterocycles. The van der Waals surface area contributed by atoms with Gasteiger partial charge in [0.2, 0.25) is 0 Å². The third kappa shape index (κ3) is 3.11. The van der Waals surface area contributed by atoms with Crippen LogP contribution in [0.5, 0.6) is 5.75 Å². The van der Waals surface area contributed by atoms with Crippen molar-refractivity contribution in [3.05, 3.63) is 23.1 Å². The molecule has 0 aromatic heterocycles. The fourth-order valence-corrected chi connectivity index (χ4v) is 0.779. The molecule has 0 saturated heterocycles. The number of hydrogen-bond donors (Lipinski definition) is 1. The second-order valence-electron chi connectivity index (χ2n) is 2.02. The summed E-state index contributed by atoms with van der Waals surface area (Å²) >= 11 is 0. The molecule has 1 aromatic rings. The highest BCUT2D eigenvalue weighted by Crippen LogP contribution is 2.25. The van der Waals surface area contributed by atoms with Gasteiger partial charge < -0.3 is 10.5 Å². The molecule has 0 aliphatic rings. The summed E-state index contributed by atoms with van der Waals surface area (Å²) < 4.78 is 4.88. The zero-order chi connectivity index (χ0) is 10.3. The number of nitrogen functional groups attached to an aromatic ring is 1. The van der Waals surface area contributed by atoms with Crippen molar-refractivity contribution in [2.45, 2.75) is 13.8 Å². The molecule has 72 valence electrons. The van der Waals surface area contributed by atoms with Crippen LogP contribution in [0, 0.1) is 4.91 Å². The fourth-order valence-electron chi connectivity index (χ4n) is 0.779. The first-order chi connectivity index (χ1) is 6.27. The Balaban J connectivity index is 0.000000671. The zero-order valence-corrected chi connectivity index (χ0v) is 8.07. The average Bonchev–Trinajstić information content (AvgIpc) is 2.20. The van der Waals surface area contributed by atoms with Crippen molar-refractivity contribution in [3.8, 4) is 5.75 Å². The molecule has 0 fully saturated rings. The van der Waals surface area contributed by atoms with E-state index in [0.717, 1.165) is 0 Å². The molecular formula is C9H14N2O2. The lowest BCUT2D eigenvalue weighted by Gasteiger charge is -2.02. The van der Waals surface area contributed by atoms with Crippen molar-refractivity contribution >= 4 is 11.4 Å². The Kier molecular flexibility index (Phi) is 5.27. The van der Waals surface area contributed by atoms with Crippen LogP contribution in [0.4, 0.5) is 11.4 Å². The van der Waals surface area contributed by atoms with Crippen molar-refractivity contribution in [2.75, 3.05) is 12.8 Å². The van der Waals surface area contributed by atoms with Crippen molar-refractivity contribution in [3.63, 3.8) is 0 Å². The summed E-state index contributed by atoms with van der Waals surface area (Å²) in [6.07, 6.45) is 0. The van der Waals surface area contributed by atoms with Crippen LogP contribution in [0.1, 0.15) is 13.8 Å². The Labute approximate surface area is 77.7 Å². The van der Waals surface area contributed by atoms with Crippen LogP contribution in [0.2, 0.25) is 0 Å². The molecule has 0 bridgehead atoms. The van der Waals surface area contributed by atoms with Crippen LogP contribution in [0.25, 0.3) is 0 Å². The van der Waals surface area contributed by atoms with E-state index in [0.29, 0.717) is 17.1 Å². The molecule has 0 amide bonds. The maximum Gasteiger partial charge on any atom is 0.141 e. The summed E-state index contributed by atoms with van der Waals surface area (Å²) in [5.41, 5.74) is 6.21. The highest BCUT2D eigenvalue weighted by Gasteiger charge is 1.99. The van der Waals surface area contributed by atoms with Crippen LogP contribution < -0.4 is 10.5 Å². The largest absolute Gasteiger partial charge is 0.495 e. The second-order valence-corrected chi connectivity index (χ2v) is 2.02. The first kappa shape index (κ1) is 11.4. The van der Waals surface area contributed by atoms with E-state index in [-0.39, 0.29) is 0 Å². The number of benzene rings is 1. The standard InChI is InChI=1S/C7H8N2O2.C2H6/c1-11-7-3-2-5(9-10)4-6(7)8;1-2/h2-4H,8H2,1H3;1-2H3. The van der Waals surface area contributed by atoms with Gasteiger partial charge in [-0.1, -0.05) is 13.8 Å². The van der Waals surface area contributed by atoms with E-state index >= 15 is 0 Å². The van der Waals surface area contributed by atoms with Gasteiger partial charge in [-0.05, 0) is 23.4 Å². The Morgan fingerprint density at radius 2 is 2.00 bits per heavy atom. The summed E-state index contributed by atoms with van der Waals surface area (Å²) in [7, 11) is 1.51. The van der Waals surface area contributed by atoms with Crippen LogP contribution >= 0.6 is 0 Å². The molecule has 0 saturated carbocycles. The molecule has 4 nitrogen and oxygen atoms in total. The van der Waals surface area contributed by atoms with E-state index in [9.17, 15) is 4.91 Å². The van der Waals surface area contributed by atoms with Gasteiger partial charge in [-0.25, -0.2) is 0 Å². The van der Waals surface area contributed by atoms with Gasteiger partial charge in [0.1, 0.15) is 11.4 Å². The number of rotatable bonds is 2. The lowest BCUT2D eigenvalue weighted by molar-refractivity contribution is 0.417. The minimum Gasteiger partial charge on any atom is -0.495 e. The van der Waals surface area contributed by atoms with E-state index in [4.69, 9.17) is 10.5 Å². The summed E-state index contributed by atoms with van der Waals surface area (Å²) in [5, 5.41) is 2.72. The lowest BCUT2D eigenvalue weighted by Crippen LogP contribution is -1.90. The van der Waals surface area contributed by atoms with Crippen molar-refractivity contribution in [1.29, 1.82) is 0 Å². The maximum atomic E-state index is 10.0. The summed E-state index contributed by atoms with van der Waals surface area (Å²) in [6, 6.07) is 4.61. The molecule has 0 spiro atoms. The molecule has 0 radical (unpaired) electrons. The molecule has 0 atom stereocenters. The summed E-state index contributed by atoms with van der Waals surface area (Å²) in [4.78, 5) is 10.0. The third-order valence-corrected chi connectivity index (χ3v) is 1.32. The molecular weight excluding hydrogens is 168 g/mol. The molecule has 2 N–H and O–H groups in total. The number of nitroso groups, excluding NO2 is 1. The Morgan fingerprint density at radius 3 is 2.38 bits per heavy atom. The monoisotopic (exact) mass is 182 g/mol. The Bertz CT molecular complexity index is 274. The number of ether oxygens (including phenoxy) is 1. The van der Waals surface area contributed by atoms with Gasteiger partial charge in [-0.3, -0.25) is 0 Å². The first-order valence-electron chi connectivity index (χ1n) is 4.05. The van der Waals surface area contributed by atoms with Crippen LogP contribution in [-0.2, 0) is 0 Å². The van der Waals surface area contributed by atoms with E-state index < -0.39 is 0 Å². The number of hydrogen-bond acceptors (Lipinski definition) is 4. The van der Waals surface area contributed by atoms with Gasteiger partial charge in [0.15, 0.2) is 0 Å². The van der Waals surface area contributed by atoms with E-state index in [1.54, 1.807) is 12.1 Å². The number of nitrogens with two attached hydrogens (primary N) is 1. The molecule has 0 unspecified atom stereocenters. The normalized spacial score (nSPS) is 8.23. The van der Waals surface area contributed by atoms with Crippen molar-refractivity contribution in [1.82, 2.24) is 0 Å². The maximum absolute atomic E-state index is 10.0. The summed E-state index contributed by atoms with van der Waals surface area (Å²) in [5.74, 6) is 0.553. The predicted octanol–water partition coefficient (Wildman–Crippen LogP) is 2.70. The van der Waals surface area contributed by atoms with Gasteiger partial charge in [0.05, 0.1) is 12.8 Å². The zero-order valence-electron chi connectivity index (χ0n) is 8.07. The number of anilines is 1. The quantitative estimate of drug-likeness (QED) is 0.565. The number of nitrogens with zero attached hydrogens (tertiary/aromatic N) is 1. The SMILES string of the molecule is CC.COc1ccc(N=O)cc1N. The molecule has 0 heterocycles. The third-order valence-electron chi connectivity index (χ3n) is 1.32. The molecule has 1 aromatic carbocycles. The number of methoxy groups -OCH3 is 1. The van der Waals surface area contributed by atoms with Gasteiger partial charge in [-0.2, -0.15) is 0 Å². The van der Waals surface area contributed by atoms with Crippen LogP contribution in [-0.4, -0.2) is 7.11 Å². The summed E-state index contributed by atoms with van der Waals surface area (Å²) in [6.45, 7) is 4.00. The van der Waals surface area contributed by atoms with Crippen LogP contribution in [0.3, 0.4) is 0 Å². The van der Waals surface area contributed by atoms with E-state index in [1.165, 1.54) is 13.2 Å². The molecule has 4 heteroatoms. The first-order valence-corrected chi connectivity index (χ1v) is 4.05. The van der Waals surface area contributed by atoms with Crippen molar-refractivity contribution in [2.24, 2.45) is 5.18 Å². The predicted molar refractivity (Wildman–Crippen MR) is 54.2 cm³/mol. The molecule has 13 heavy (non-hydrogen) atoms. The fraction of sp³-hybridized carbons (Fsp3) is 0.333. The van der Waals surface area contributed by atoms with Gasteiger partial charge in [0.25, 0.3) is 0 Å². The van der Waals surface area contributed by atoms with Crippen molar-refractivity contribution < 1.29 is 4.74 Å². The molecule has 0 aliphatic carbocycles. The smallest absolute Gasteiger partial charge is 0.141 e. The van der Waals surface area contributed by atoms with Crippen LogP contribution in [0.15, 0.2) is 23.4 Å². The van der Waals surface area contributed by atoms with Gasteiger partial charge in [-0.15, -0.1) is 4.91 Å². The second kappa shape index (κ2) is 5.99. The molecule has 1 rings (SSSR count). The van der Waals surface area contributed by atoms with E-state index in [1.807, 2.05) is 13.8 Å². The minimum absolute atomic E-state index is 0.309. The highest BCUT2D eigenvalue weighted by atomic mass is 16.5. The minimum atomic E-state index is 0.309.